The molecule has 1 aliphatic heterocycles. The van der Waals surface area contributed by atoms with Gasteiger partial charge >= 0.3 is 11.9 Å². The zero-order chi connectivity index (χ0) is 29.4. The Bertz CT molecular complexity index is 1420. The Balaban J connectivity index is 1.41. The maximum Gasteiger partial charge on any atom is 0.303 e. The lowest BCUT2D eigenvalue weighted by Gasteiger charge is -2.22. The van der Waals surface area contributed by atoms with Crippen LogP contribution in [0.25, 0.3) is 10.9 Å². The quantitative estimate of drug-likeness (QED) is 0.220. The van der Waals surface area contributed by atoms with Crippen LogP contribution in [0.15, 0.2) is 36.4 Å². The Hall–Kier alpha value is -4.14. The number of nitrogens with zero attached hydrogens (tertiary/aromatic N) is 1. The molecule has 0 saturated heterocycles. The summed E-state index contributed by atoms with van der Waals surface area (Å²) in [6.07, 6.45) is 3.93. The highest BCUT2D eigenvalue weighted by molar-refractivity contribution is 6.00. The van der Waals surface area contributed by atoms with E-state index < -0.39 is 11.9 Å². The van der Waals surface area contributed by atoms with E-state index >= 15 is 0 Å². The van der Waals surface area contributed by atoms with Gasteiger partial charge in [0.05, 0.1) is 36.8 Å². The van der Waals surface area contributed by atoms with Crippen molar-refractivity contribution < 1.29 is 38.8 Å². The van der Waals surface area contributed by atoms with E-state index in [0.717, 1.165) is 41.5 Å². The van der Waals surface area contributed by atoms with E-state index in [1.165, 1.54) is 0 Å². The second kappa shape index (κ2) is 14.0. The number of pyridine rings is 1. The monoisotopic (exact) mass is 563 g/mol. The topological polar surface area (TPSA) is 132 Å². The van der Waals surface area contributed by atoms with E-state index in [-0.39, 0.29) is 31.1 Å². The molecule has 0 amide bonds. The van der Waals surface area contributed by atoms with E-state index in [1.807, 2.05) is 31.2 Å². The Morgan fingerprint density at radius 1 is 0.976 bits per heavy atom. The van der Waals surface area contributed by atoms with Gasteiger partial charge in [-0.2, -0.15) is 0 Å². The van der Waals surface area contributed by atoms with Gasteiger partial charge in [0.2, 0.25) is 0 Å². The summed E-state index contributed by atoms with van der Waals surface area (Å²) >= 11 is 0. The lowest BCUT2D eigenvalue weighted by atomic mass is 9.98. The van der Waals surface area contributed by atoms with Crippen molar-refractivity contribution in [3.8, 4) is 17.2 Å². The molecule has 1 aliphatic rings. The minimum Gasteiger partial charge on any atom is -0.493 e. The van der Waals surface area contributed by atoms with Crippen molar-refractivity contribution in [2.75, 3.05) is 13.2 Å². The number of ketones is 1. The summed E-state index contributed by atoms with van der Waals surface area (Å²) in [6.45, 7) is 4.92. The molecule has 4 rings (SSSR count). The second-order valence-electron chi connectivity index (χ2n) is 10.3. The summed E-state index contributed by atoms with van der Waals surface area (Å²) in [6, 6.07) is 10.9. The van der Waals surface area contributed by atoms with Crippen LogP contribution < -0.4 is 14.2 Å². The fourth-order valence-corrected chi connectivity index (χ4v) is 5.09. The second-order valence-corrected chi connectivity index (χ2v) is 10.3. The van der Waals surface area contributed by atoms with Crippen LogP contribution in [0.4, 0.5) is 0 Å². The van der Waals surface area contributed by atoms with Crippen molar-refractivity contribution in [2.24, 2.45) is 0 Å². The number of benzene rings is 2. The first kappa shape index (κ1) is 29.8. The molecule has 9 heteroatoms. The summed E-state index contributed by atoms with van der Waals surface area (Å²) in [5.41, 5.74) is 3.71. The van der Waals surface area contributed by atoms with Gasteiger partial charge in [-0.1, -0.05) is 19.4 Å². The van der Waals surface area contributed by atoms with E-state index in [9.17, 15) is 19.5 Å². The Labute approximate surface area is 239 Å². The van der Waals surface area contributed by atoms with E-state index in [4.69, 9.17) is 19.3 Å². The van der Waals surface area contributed by atoms with Gasteiger partial charge in [-0.15, -0.1) is 0 Å². The van der Waals surface area contributed by atoms with Crippen LogP contribution >= 0.6 is 0 Å². The van der Waals surface area contributed by atoms with Crippen LogP contribution in [0.3, 0.4) is 0 Å². The van der Waals surface area contributed by atoms with Crippen LogP contribution in [-0.4, -0.2) is 52.2 Å². The normalized spacial score (nSPS) is 13.4. The number of carboxylic acids is 2. The van der Waals surface area contributed by atoms with Gasteiger partial charge in [0.25, 0.3) is 0 Å². The summed E-state index contributed by atoms with van der Waals surface area (Å²) < 4.78 is 18.3. The van der Waals surface area contributed by atoms with Gasteiger partial charge < -0.3 is 24.4 Å². The number of carbonyl (C=O) groups is 3. The summed E-state index contributed by atoms with van der Waals surface area (Å²) in [5, 5.41) is 19.1. The third-order valence-corrected chi connectivity index (χ3v) is 7.12. The van der Waals surface area contributed by atoms with Crippen LogP contribution in [0.2, 0.25) is 0 Å². The molecule has 1 atom stereocenters. The van der Waals surface area contributed by atoms with Crippen LogP contribution in [0.1, 0.15) is 79.6 Å². The number of rotatable bonds is 15. The number of hydrogen-bond donors (Lipinski definition) is 2. The van der Waals surface area contributed by atoms with Crippen molar-refractivity contribution in [3.63, 3.8) is 0 Å². The standard InChI is InChI=1S/C32H37NO8/c1-3-5-25-28(13-10-24-27(34)17-19-40-32(24)25)39-18-4-6-20(2)41-29-14-12-26-22(23(29)11-16-31(37)38)9-7-21(33-26)8-15-30(35)36/h7,9-10,12-14,20H,3-6,8,11,15-19H2,1-2H3,(H,35,36)(H,37,38). The van der Waals surface area contributed by atoms with Crippen molar-refractivity contribution in [1.82, 2.24) is 4.98 Å². The molecule has 41 heavy (non-hydrogen) atoms. The predicted octanol–water partition coefficient (Wildman–Crippen LogP) is 5.81. The summed E-state index contributed by atoms with van der Waals surface area (Å²) in [5.74, 6) is 0.344. The number of aliphatic carboxylic acids is 2. The Kier molecular flexibility index (Phi) is 10.2. The lowest BCUT2D eigenvalue weighted by Crippen LogP contribution is -2.18. The van der Waals surface area contributed by atoms with E-state index in [1.54, 1.807) is 12.1 Å². The molecule has 0 bridgehead atoms. The van der Waals surface area contributed by atoms with Gasteiger partial charge in [-0.05, 0) is 62.9 Å². The third-order valence-electron chi connectivity index (χ3n) is 7.12. The van der Waals surface area contributed by atoms with Crippen molar-refractivity contribution in [1.29, 1.82) is 0 Å². The molecule has 1 aromatic heterocycles. The highest BCUT2D eigenvalue weighted by Gasteiger charge is 2.24. The lowest BCUT2D eigenvalue weighted by molar-refractivity contribution is -0.138. The van der Waals surface area contributed by atoms with Crippen molar-refractivity contribution >= 4 is 28.6 Å². The molecule has 0 radical (unpaired) electrons. The predicted molar refractivity (Wildman–Crippen MR) is 153 cm³/mol. The minimum atomic E-state index is -0.899. The van der Waals surface area contributed by atoms with Gasteiger partial charge in [0.1, 0.15) is 17.2 Å². The number of ether oxygens (including phenoxy) is 3. The summed E-state index contributed by atoms with van der Waals surface area (Å²) in [7, 11) is 0. The average molecular weight is 564 g/mol. The van der Waals surface area contributed by atoms with Gasteiger partial charge in [0.15, 0.2) is 5.78 Å². The first-order valence-corrected chi connectivity index (χ1v) is 14.2. The van der Waals surface area contributed by atoms with Crippen LogP contribution in [0.5, 0.6) is 17.2 Å². The zero-order valence-electron chi connectivity index (χ0n) is 23.6. The number of hydrogen-bond acceptors (Lipinski definition) is 7. The fourth-order valence-electron chi connectivity index (χ4n) is 5.09. The number of Topliss-reactive ketones (excluding diaryl/α,β-unsaturated/α-hetero) is 1. The molecule has 0 aliphatic carbocycles. The van der Waals surface area contributed by atoms with Gasteiger partial charge in [0, 0.05) is 41.5 Å². The Morgan fingerprint density at radius 3 is 2.49 bits per heavy atom. The molecule has 218 valence electrons. The smallest absolute Gasteiger partial charge is 0.303 e. The summed E-state index contributed by atoms with van der Waals surface area (Å²) in [4.78, 5) is 39.2. The molecule has 3 aromatic rings. The van der Waals surface area contributed by atoms with Crippen molar-refractivity contribution in [3.05, 3.63) is 58.8 Å². The first-order chi connectivity index (χ1) is 19.8. The molecule has 1 unspecified atom stereocenters. The SMILES string of the molecule is CCCc1c(OCCCC(C)Oc2ccc3nc(CCC(=O)O)ccc3c2CCC(=O)O)ccc2c1OCCC2=O. The number of aryl methyl sites for hydroxylation is 2. The fraction of sp³-hybridized carbons (Fsp3) is 0.438. The third kappa shape index (κ3) is 7.74. The molecular formula is C32H37NO8. The highest BCUT2D eigenvalue weighted by Crippen LogP contribution is 2.37. The van der Waals surface area contributed by atoms with Gasteiger partial charge in [-0.3, -0.25) is 19.4 Å². The zero-order valence-corrected chi connectivity index (χ0v) is 23.6. The van der Waals surface area contributed by atoms with E-state index in [2.05, 4.69) is 11.9 Å². The van der Waals surface area contributed by atoms with Crippen molar-refractivity contribution in [2.45, 2.75) is 77.7 Å². The number of carbonyl (C=O) groups excluding carboxylic acids is 1. The number of aromatic nitrogens is 1. The molecular weight excluding hydrogens is 526 g/mol. The highest BCUT2D eigenvalue weighted by atomic mass is 16.5. The maximum absolute atomic E-state index is 12.3. The molecule has 2 N–H and O–H groups in total. The van der Waals surface area contributed by atoms with Crippen LogP contribution in [0, 0.1) is 0 Å². The average Bonchev–Trinajstić information content (AvgIpc) is 2.94. The van der Waals surface area contributed by atoms with E-state index in [0.29, 0.717) is 60.7 Å². The molecule has 0 saturated carbocycles. The first-order valence-electron chi connectivity index (χ1n) is 14.2. The molecule has 2 heterocycles. The minimum absolute atomic E-state index is 0.00730. The largest absolute Gasteiger partial charge is 0.493 e. The number of fused-ring (bicyclic) bond motifs is 2. The number of carboxylic acid groups (broad SMARTS) is 2. The Morgan fingerprint density at radius 2 is 1.73 bits per heavy atom. The maximum atomic E-state index is 12.3. The molecule has 0 spiro atoms. The molecule has 2 aromatic carbocycles. The molecule has 0 fully saturated rings. The van der Waals surface area contributed by atoms with Gasteiger partial charge in [-0.25, -0.2) is 0 Å². The molecule has 9 nitrogen and oxygen atoms in total. The van der Waals surface area contributed by atoms with Crippen LogP contribution in [-0.2, 0) is 28.9 Å².